The van der Waals surface area contributed by atoms with E-state index < -0.39 is 0 Å². The van der Waals surface area contributed by atoms with E-state index in [4.69, 9.17) is 5.73 Å². The number of alkyl halides is 1. The highest BCUT2D eigenvalue weighted by Gasteiger charge is 2.05. The number of anilines is 1. The molecule has 1 nitrogen and oxygen atoms in total. The molecule has 0 aliphatic carbocycles. The summed E-state index contributed by atoms with van der Waals surface area (Å²) in [6.07, 6.45) is 0. The van der Waals surface area contributed by atoms with Crippen LogP contribution >= 0.6 is 34.4 Å². The molecule has 0 aromatic heterocycles. The van der Waals surface area contributed by atoms with Gasteiger partial charge in [-0.2, -0.15) is 0 Å². The van der Waals surface area contributed by atoms with Gasteiger partial charge in [0.25, 0.3) is 0 Å². The van der Waals surface area contributed by atoms with Crippen LogP contribution in [0.2, 0.25) is 0 Å². The average molecular weight is 307 g/mol. The Morgan fingerprint density at radius 2 is 1.85 bits per heavy atom. The van der Waals surface area contributed by atoms with Crippen molar-refractivity contribution < 1.29 is 0 Å². The summed E-state index contributed by atoms with van der Waals surface area (Å²) >= 11 is 4.20. The van der Waals surface area contributed by atoms with Crippen LogP contribution in [0.25, 0.3) is 0 Å². The molecule has 0 fully saturated rings. The van der Waals surface area contributed by atoms with Gasteiger partial charge in [-0.1, -0.05) is 22.6 Å². The highest BCUT2D eigenvalue weighted by Crippen LogP contribution is 2.33. The maximum Gasteiger partial charge on any atom is 0.0584 e. The minimum atomic E-state index is 0.557. The molecule has 1 aromatic rings. The SMILES string of the molecule is Cc1cc(N)c(SC(C)I)cc1C. The zero-order chi connectivity index (χ0) is 10.0. The molecule has 1 rings (SSSR count). The first-order valence-corrected chi connectivity index (χ1v) is 6.30. The van der Waals surface area contributed by atoms with Gasteiger partial charge in [-0.3, -0.25) is 0 Å². The number of aryl methyl sites for hydroxylation is 2. The van der Waals surface area contributed by atoms with Gasteiger partial charge in [0.1, 0.15) is 0 Å². The standard InChI is InChI=1S/C10H14INS/c1-6-4-9(12)10(5-7(6)2)13-8(3)11/h4-5,8H,12H2,1-3H3. The van der Waals surface area contributed by atoms with Crippen LogP contribution in [-0.4, -0.2) is 3.26 Å². The zero-order valence-corrected chi connectivity index (χ0v) is 11.1. The summed E-state index contributed by atoms with van der Waals surface area (Å²) in [6.45, 7) is 6.38. The largest absolute Gasteiger partial charge is 0.398 e. The van der Waals surface area contributed by atoms with E-state index in [1.54, 1.807) is 0 Å². The molecule has 13 heavy (non-hydrogen) atoms. The van der Waals surface area contributed by atoms with Crippen molar-refractivity contribution in [1.29, 1.82) is 0 Å². The number of benzene rings is 1. The monoisotopic (exact) mass is 307 g/mol. The van der Waals surface area contributed by atoms with Gasteiger partial charge in [0, 0.05) is 10.6 Å². The van der Waals surface area contributed by atoms with E-state index in [9.17, 15) is 0 Å². The fourth-order valence-electron chi connectivity index (χ4n) is 1.09. The predicted octanol–water partition coefficient (Wildman–Crippen LogP) is 3.76. The number of rotatable bonds is 2. The second-order valence-corrected chi connectivity index (χ2v) is 7.23. The Balaban J connectivity index is 3.01. The Bertz CT molecular complexity index is 310. The first kappa shape index (κ1) is 11.2. The molecule has 1 unspecified atom stereocenters. The van der Waals surface area contributed by atoms with Crippen molar-refractivity contribution in [3.05, 3.63) is 23.3 Å². The molecule has 2 N–H and O–H groups in total. The Morgan fingerprint density at radius 3 is 2.38 bits per heavy atom. The van der Waals surface area contributed by atoms with E-state index in [1.165, 1.54) is 16.0 Å². The van der Waals surface area contributed by atoms with E-state index in [0.29, 0.717) is 3.26 Å². The third-order valence-corrected chi connectivity index (χ3v) is 3.61. The van der Waals surface area contributed by atoms with E-state index in [0.717, 1.165) is 5.69 Å². The molecule has 0 aliphatic rings. The summed E-state index contributed by atoms with van der Waals surface area (Å²) in [5, 5.41) is 0. The van der Waals surface area contributed by atoms with Crippen LogP contribution in [0.4, 0.5) is 5.69 Å². The van der Waals surface area contributed by atoms with Crippen molar-refractivity contribution in [2.24, 2.45) is 0 Å². The van der Waals surface area contributed by atoms with Crippen LogP contribution < -0.4 is 5.73 Å². The minimum absolute atomic E-state index is 0.557. The van der Waals surface area contributed by atoms with Gasteiger partial charge in [0.2, 0.25) is 0 Å². The molecule has 0 saturated carbocycles. The van der Waals surface area contributed by atoms with E-state index in [2.05, 4.69) is 55.5 Å². The molecule has 0 aliphatic heterocycles. The molecule has 1 aromatic carbocycles. The number of nitrogens with two attached hydrogens (primary N) is 1. The van der Waals surface area contributed by atoms with Crippen LogP contribution in [0.5, 0.6) is 0 Å². The Kier molecular flexibility index (Phi) is 3.91. The summed E-state index contributed by atoms with van der Waals surface area (Å²) < 4.78 is 0.557. The third kappa shape index (κ3) is 3.06. The minimum Gasteiger partial charge on any atom is -0.398 e. The highest BCUT2D eigenvalue weighted by molar-refractivity contribution is 14.1. The Hall–Kier alpha value is 0.1000. The smallest absolute Gasteiger partial charge is 0.0584 e. The fourth-order valence-corrected chi connectivity index (χ4v) is 2.70. The second-order valence-electron chi connectivity index (χ2n) is 3.14. The van der Waals surface area contributed by atoms with Gasteiger partial charge < -0.3 is 5.73 Å². The van der Waals surface area contributed by atoms with Crippen LogP contribution in [-0.2, 0) is 0 Å². The van der Waals surface area contributed by atoms with E-state index in [-0.39, 0.29) is 0 Å². The predicted molar refractivity (Wildman–Crippen MR) is 69.7 cm³/mol. The number of nitrogen functional groups attached to an aromatic ring is 1. The van der Waals surface area contributed by atoms with Crippen LogP contribution in [0.1, 0.15) is 18.1 Å². The number of hydrogen-bond donors (Lipinski definition) is 1. The lowest BCUT2D eigenvalue weighted by molar-refractivity contribution is 1.28. The van der Waals surface area contributed by atoms with Gasteiger partial charge in [-0.15, -0.1) is 11.8 Å². The van der Waals surface area contributed by atoms with Gasteiger partial charge in [-0.25, -0.2) is 0 Å². The second kappa shape index (κ2) is 4.55. The number of thioether (sulfide) groups is 1. The Morgan fingerprint density at radius 1 is 1.31 bits per heavy atom. The first-order chi connectivity index (χ1) is 6.00. The molecule has 0 saturated heterocycles. The van der Waals surface area contributed by atoms with Crippen LogP contribution in [0.3, 0.4) is 0 Å². The van der Waals surface area contributed by atoms with Crippen molar-refractivity contribution >= 4 is 40.0 Å². The average Bonchev–Trinajstić information content (AvgIpc) is 1.99. The molecular weight excluding hydrogens is 293 g/mol. The summed E-state index contributed by atoms with van der Waals surface area (Å²) in [7, 11) is 0. The molecule has 0 heterocycles. The number of halogens is 1. The van der Waals surface area contributed by atoms with Crippen LogP contribution in [0.15, 0.2) is 17.0 Å². The van der Waals surface area contributed by atoms with Crippen molar-refractivity contribution in [2.45, 2.75) is 28.9 Å². The molecule has 0 bridgehead atoms. The lowest BCUT2D eigenvalue weighted by Gasteiger charge is -2.10. The summed E-state index contributed by atoms with van der Waals surface area (Å²) in [4.78, 5) is 1.20. The summed E-state index contributed by atoms with van der Waals surface area (Å²) in [5.74, 6) is 0. The molecule has 0 spiro atoms. The highest BCUT2D eigenvalue weighted by atomic mass is 127. The van der Waals surface area contributed by atoms with Crippen molar-refractivity contribution in [1.82, 2.24) is 0 Å². The fraction of sp³-hybridized carbons (Fsp3) is 0.400. The molecule has 72 valence electrons. The quantitative estimate of drug-likeness (QED) is 0.390. The topological polar surface area (TPSA) is 26.0 Å². The molecular formula is C10H14INS. The maximum absolute atomic E-state index is 5.91. The molecule has 3 heteroatoms. The van der Waals surface area contributed by atoms with Gasteiger partial charge in [0.15, 0.2) is 0 Å². The summed E-state index contributed by atoms with van der Waals surface area (Å²) in [6, 6.07) is 4.22. The molecule has 1 atom stereocenters. The van der Waals surface area contributed by atoms with E-state index >= 15 is 0 Å². The van der Waals surface area contributed by atoms with Gasteiger partial charge in [-0.05, 0) is 44.0 Å². The number of hydrogen-bond acceptors (Lipinski definition) is 2. The molecule has 0 amide bonds. The zero-order valence-electron chi connectivity index (χ0n) is 8.10. The van der Waals surface area contributed by atoms with Gasteiger partial charge >= 0.3 is 0 Å². The lowest BCUT2D eigenvalue weighted by atomic mass is 10.1. The molecule has 0 radical (unpaired) electrons. The first-order valence-electron chi connectivity index (χ1n) is 4.18. The third-order valence-electron chi connectivity index (χ3n) is 1.92. The normalized spacial score (nSPS) is 12.9. The summed E-state index contributed by atoms with van der Waals surface area (Å²) in [5.41, 5.74) is 9.39. The van der Waals surface area contributed by atoms with Crippen molar-refractivity contribution in [3.8, 4) is 0 Å². The Labute approximate surface area is 97.6 Å². The van der Waals surface area contributed by atoms with Crippen molar-refractivity contribution in [2.75, 3.05) is 5.73 Å². The maximum atomic E-state index is 5.91. The van der Waals surface area contributed by atoms with Gasteiger partial charge in [0.05, 0.1) is 3.26 Å². The van der Waals surface area contributed by atoms with Crippen LogP contribution in [0, 0.1) is 13.8 Å². The van der Waals surface area contributed by atoms with Crippen molar-refractivity contribution in [3.63, 3.8) is 0 Å². The lowest BCUT2D eigenvalue weighted by Crippen LogP contribution is -1.93. The van der Waals surface area contributed by atoms with E-state index in [1.807, 2.05) is 11.8 Å².